The first-order valence-electron chi connectivity index (χ1n) is 4.88. The Morgan fingerprint density at radius 3 is 2.38 bits per heavy atom. The summed E-state index contributed by atoms with van der Waals surface area (Å²) < 4.78 is 9.92. The van der Waals surface area contributed by atoms with Crippen LogP contribution in [0, 0.1) is 13.8 Å². The Hall–Kier alpha value is -1.03. The Morgan fingerprint density at radius 2 is 1.88 bits per heavy atom. The molecule has 16 heavy (non-hydrogen) atoms. The zero-order valence-electron chi connectivity index (χ0n) is 9.83. The summed E-state index contributed by atoms with van der Waals surface area (Å²) in [6.07, 6.45) is 0. The van der Waals surface area contributed by atoms with Crippen LogP contribution < -0.4 is 4.74 Å². The molecule has 0 heterocycles. The fourth-order valence-corrected chi connectivity index (χ4v) is 2.22. The SMILES string of the molecule is COC(=O)C(Br)c1cc(C)c(OC)cc1C. The molecular weight excluding hydrogens is 272 g/mol. The van der Waals surface area contributed by atoms with E-state index in [1.165, 1.54) is 7.11 Å². The third kappa shape index (κ3) is 2.55. The molecule has 0 radical (unpaired) electrons. The fraction of sp³-hybridized carbons (Fsp3) is 0.417. The normalized spacial score (nSPS) is 12.1. The molecule has 0 bridgehead atoms. The monoisotopic (exact) mass is 286 g/mol. The second kappa shape index (κ2) is 5.34. The number of esters is 1. The third-order valence-corrected chi connectivity index (χ3v) is 3.33. The van der Waals surface area contributed by atoms with Gasteiger partial charge >= 0.3 is 5.97 Å². The van der Waals surface area contributed by atoms with Gasteiger partial charge in [0.05, 0.1) is 14.2 Å². The van der Waals surface area contributed by atoms with Crippen LogP contribution in [0.2, 0.25) is 0 Å². The first kappa shape index (κ1) is 13.0. The minimum absolute atomic E-state index is 0.298. The molecule has 4 heteroatoms. The van der Waals surface area contributed by atoms with Crippen LogP contribution in [0.5, 0.6) is 5.75 Å². The van der Waals surface area contributed by atoms with Crippen LogP contribution in [-0.2, 0) is 9.53 Å². The van der Waals surface area contributed by atoms with E-state index in [1.807, 2.05) is 26.0 Å². The van der Waals surface area contributed by atoms with Crippen molar-refractivity contribution in [2.75, 3.05) is 14.2 Å². The topological polar surface area (TPSA) is 35.5 Å². The quantitative estimate of drug-likeness (QED) is 0.633. The number of carbonyl (C=O) groups is 1. The molecule has 0 aliphatic heterocycles. The molecule has 88 valence electrons. The van der Waals surface area contributed by atoms with Gasteiger partial charge in [-0.25, -0.2) is 0 Å². The lowest BCUT2D eigenvalue weighted by Crippen LogP contribution is -2.10. The van der Waals surface area contributed by atoms with Gasteiger partial charge in [0.25, 0.3) is 0 Å². The molecule has 3 nitrogen and oxygen atoms in total. The Labute approximate surface area is 104 Å². The smallest absolute Gasteiger partial charge is 0.324 e. The van der Waals surface area contributed by atoms with E-state index in [-0.39, 0.29) is 5.97 Å². The number of benzene rings is 1. The van der Waals surface area contributed by atoms with Gasteiger partial charge in [0.15, 0.2) is 0 Å². The lowest BCUT2D eigenvalue weighted by Gasteiger charge is -2.14. The summed E-state index contributed by atoms with van der Waals surface area (Å²) in [5.74, 6) is 0.526. The molecule has 0 amide bonds. The lowest BCUT2D eigenvalue weighted by atomic mass is 10.0. The van der Waals surface area contributed by atoms with Crippen LogP contribution in [-0.4, -0.2) is 20.2 Å². The van der Waals surface area contributed by atoms with Crippen molar-refractivity contribution in [1.82, 2.24) is 0 Å². The van der Waals surface area contributed by atoms with Crippen LogP contribution in [0.25, 0.3) is 0 Å². The molecule has 0 saturated carbocycles. The second-order valence-corrected chi connectivity index (χ2v) is 4.48. The minimum Gasteiger partial charge on any atom is -0.496 e. The molecule has 0 fully saturated rings. The number of ether oxygens (including phenoxy) is 2. The Kier molecular flexibility index (Phi) is 4.35. The average Bonchev–Trinajstić information content (AvgIpc) is 2.29. The first-order valence-corrected chi connectivity index (χ1v) is 5.79. The van der Waals surface area contributed by atoms with E-state index in [0.29, 0.717) is 0 Å². The molecule has 1 rings (SSSR count). The highest BCUT2D eigenvalue weighted by Gasteiger charge is 2.20. The van der Waals surface area contributed by atoms with Gasteiger partial charge in [-0.1, -0.05) is 22.0 Å². The molecule has 1 aromatic rings. The van der Waals surface area contributed by atoms with Crippen molar-refractivity contribution in [3.63, 3.8) is 0 Å². The molecule has 1 unspecified atom stereocenters. The van der Waals surface area contributed by atoms with Gasteiger partial charge in [0.1, 0.15) is 10.6 Å². The molecule has 0 aliphatic rings. The first-order chi connectivity index (χ1) is 7.51. The maximum absolute atomic E-state index is 11.4. The standard InChI is InChI=1S/C12H15BrO3/c1-7-6-10(15-3)8(2)5-9(7)11(13)12(14)16-4/h5-6,11H,1-4H3. The summed E-state index contributed by atoms with van der Waals surface area (Å²) in [5, 5.41) is 0. The summed E-state index contributed by atoms with van der Waals surface area (Å²) in [6.45, 7) is 3.88. The van der Waals surface area contributed by atoms with Crippen molar-refractivity contribution in [2.45, 2.75) is 18.7 Å². The van der Waals surface area contributed by atoms with Gasteiger partial charge in [0.2, 0.25) is 0 Å². The van der Waals surface area contributed by atoms with Crippen molar-refractivity contribution in [1.29, 1.82) is 0 Å². The van der Waals surface area contributed by atoms with Gasteiger partial charge < -0.3 is 9.47 Å². The van der Waals surface area contributed by atoms with E-state index in [1.54, 1.807) is 7.11 Å². The second-order valence-electron chi connectivity index (χ2n) is 3.56. The number of methoxy groups -OCH3 is 2. The maximum atomic E-state index is 11.4. The molecule has 0 aromatic heterocycles. The largest absolute Gasteiger partial charge is 0.496 e. The molecule has 0 N–H and O–H groups in total. The minimum atomic E-state index is -0.429. The molecule has 1 aromatic carbocycles. The van der Waals surface area contributed by atoms with E-state index in [4.69, 9.17) is 9.47 Å². The number of carbonyl (C=O) groups excluding carboxylic acids is 1. The van der Waals surface area contributed by atoms with Gasteiger partial charge in [-0.15, -0.1) is 0 Å². The predicted molar refractivity (Wildman–Crippen MR) is 66.2 cm³/mol. The van der Waals surface area contributed by atoms with Crippen molar-refractivity contribution in [2.24, 2.45) is 0 Å². The molecular formula is C12H15BrO3. The van der Waals surface area contributed by atoms with E-state index < -0.39 is 4.83 Å². The van der Waals surface area contributed by atoms with E-state index >= 15 is 0 Å². The molecule has 1 atom stereocenters. The predicted octanol–water partition coefficient (Wildman–Crippen LogP) is 2.92. The zero-order valence-corrected chi connectivity index (χ0v) is 11.4. The third-order valence-electron chi connectivity index (χ3n) is 2.46. The van der Waals surface area contributed by atoms with E-state index in [0.717, 1.165) is 22.4 Å². The number of aryl methyl sites for hydroxylation is 2. The average molecular weight is 287 g/mol. The summed E-state index contributed by atoms with van der Waals surface area (Å²) >= 11 is 3.33. The summed E-state index contributed by atoms with van der Waals surface area (Å²) in [4.78, 5) is 11.0. The fourth-order valence-electron chi connectivity index (χ4n) is 1.54. The van der Waals surface area contributed by atoms with Crippen molar-refractivity contribution in [3.05, 3.63) is 28.8 Å². The number of hydrogen-bond acceptors (Lipinski definition) is 3. The Balaban J connectivity index is 3.15. The van der Waals surface area contributed by atoms with E-state index in [9.17, 15) is 4.79 Å². The zero-order chi connectivity index (χ0) is 12.3. The van der Waals surface area contributed by atoms with Gasteiger partial charge in [-0.3, -0.25) is 4.79 Å². The number of alkyl halides is 1. The van der Waals surface area contributed by atoms with Crippen LogP contribution in [0.15, 0.2) is 12.1 Å². The molecule has 0 aliphatic carbocycles. The number of halogens is 1. The Morgan fingerprint density at radius 1 is 1.25 bits per heavy atom. The lowest BCUT2D eigenvalue weighted by molar-refractivity contribution is -0.139. The van der Waals surface area contributed by atoms with Gasteiger partial charge in [-0.05, 0) is 36.6 Å². The highest BCUT2D eigenvalue weighted by atomic mass is 79.9. The maximum Gasteiger partial charge on any atom is 0.324 e. The summed E-state index contributed by atoms with van der Waals surface area (Å²) in [6, 6.07) is 3.85. The summed E-state index contributed by atoms with van der Waals surface area (Å²) in [5.41, 5.74) is 2.90. The van der Waals surface area contributed by atoms with Crippen molar-refractivity contribution < 1.29 is 14.3 Å². The number of hydrogen-bond donors (Lipinski definition) is 0. The highest BCUT2D eigenvalue weighted by Crippen LogP contribution is 2.31. The number of rotatable bonds is 3. The summed E-state index contributed by atoms with van der Waals surface area (Å²) in [7, 11) is 3.01. The van der Waals surface area contributed by atoms with Crippen LogP contribution >= 0.6 is 15.9 Å². The van der Waals surface area contributed by atoms with Crippen LogP contribution in [0.1, 0.15) is 21.5 Å². The van der Waals surface area contributed by atoms with Crippen LogP contribution in [0.3, 0.4) is 0 Å². The van der Waals surface area contributed by atoms with Gasteiger partial charge in [0, 0.05) is 0 Å². The Bertz CT molecular complexity index is 401. The van der Waals surface area contributed by atoms with Gasteiger partial charge in [-0.2, -0.15) is 0 Å². The van der Waals surface area contributed by atoms with E-state index in [2.05, 4.69) is 15.9 Å². The van der Waals surface area contributed by atoms with Crippen molar-refractivity contribution in [3.8, 4) is 5.75 Å². The van der Waals surface area contributed by atoms with Crippen LogP contribution in [0.4, 0.5) is 0 Å². The van der Waals surface area contributed by atoms with Crippen molar-refractivity contribution >= 4 is 21.9 Å². The molecule has 0 spiro atoms. The highest BCUT2D eigenvalue weighted by molar-refractivity contribution is 9.09. The molecule has 0 saturated heterocycles.